The fraction of sp³-hybridized carbons (Fsp3) is 0.300. The first-order chi connectivity index (χ1) is 7.06. The van der Waals surface area contributed by atoms with Crippen LogP contribution in [0.5, 0.6) is 0 Å². The van der Waals surface area contributed by atoms with Crippen molar-refractivity contribution in [3.05, 3.63) is 33.9 Å². The van der Waals surface area contributed by atoms with E-state index in [9.17, 15) is 10.1 Å². The molecule has 15 heavy (non-hydrogen) atoms. The van der Waals surface area contributed by atoms with Crippen LogP contribution in [0.25, 0.3) is 0 Å². The van der Waals surface area contributed by atoms with Gasteiger partial charge in [-0.1, -0.05) is 6.07 Å². The molecule has 1 rings (SSSR count). The van der Waals surface area contributed by atoms with Crippen molar-refractivity contribution in [1.82, 2.24) is 0 Å². The van der Waals surface area contributed by atoms with Crippen molar-refractivity contribution in [2.45, 2.75) is 19.9 Å². The van der Waals surface area contributed by atoms with Gasteiger partial charge in [0.15, 0.2) is 0 Å². The Balaban J connectivity index is 3.22. The average Bonchev–Trinajstić information content (AvgIpc) is 2.16. The van der Waals surface area contributed by atoms with Gasteiger partial charge in [0.25, 0.3) is 5.69 Å². The Bertz CT molecular complexity index is 388. The van der Waals surface area contributed by atoms with Gasteiger partial charge in [0.1, 0.15) is 0 Å². The molecule has 0 bridgehead atoms. The highest BCUT2D eigenvalue weighted by Crippen LogP contribution is 2.24. The second kappa shape index (κ2) is 4.54. The molecule has 0 heterocycles. The van der Waals surface area contributed by atoms with E-state index in [0.717, 1.165) is 6.21 Å². The van der Waals surface area contributed by atoms with E-state index in [1.807, 2.05) is 13.8 Å². The summed E-state index contributed by atoms with van der Waals surface area (Å²) in [6, 6.07) is 4.90. The number of nitro benzene ring substituents is 1. The molecular formula is C10H13N3O2. The lowest BCUT2D eigenvalue weighted by molar-refractivity contribution is -0.384. The molecule has 2 N–H and O–H groups in total. The summed E-state index contributed by atoms with van der Waals surface area (Å²) in [5.41, 5.74) is 0.890. The fourth-order valence-electron chi connectivity index (χ4n) is 1.30. The molecule has 0 fully saturated rings. The Morgan fingerprint density at radius 3 is 2.67 bits per heavy atom. The quantitative estimate of drug-likeness (QED) is 0.452. The molecular weight excluding hydrogens is 194 g/mol. The molecule has 0 aromatic heterocycles. The van der Waals surface area contributed by atoms with Gasteiger partial charge >= 0.3 is 0 Å². The first kappa shape index (κ1) is 11.2. The normalized spacial score (nSPS) is 10.1. The van der Waals surface area contributed by atoms with E-state index in [1.165, 1.54) is 6.07 Å². The van der Waals surface area contributed by atoms with Crippen LogP contribution in [0.15, 0.2) is 18.2 Å². The molecule has 0 saturated heterocycles. The molecule has 80 valence electrons. The Morgan fingerprint density at radius 1 is 1.53 bits per heavy atom. The first-order valence-electron chi connectivity index (χ1n) is 4.60. The lowest BCUT2D eigenvalue weighted by Crippen LogP contribution is -2.12. The second-order valence-corrected chi connectivity index (χ2v) is 3.44. The maximum absolute atomic E-state index is 10.7. The topological polar surface area (TPSA) is 79.0 Å². The molecule has 0 unspecified atom stereocenters. The van der Waals surface area contributed by atoms with Gasteiger partial charge in [0.2, 0.25) is 0 Å². The number of hydrogen-bond donors (Lipinski definition) is 2. The molecule has 0 aliphatic heterocycles. The number of nitro groups is 1. The van der Waals surface area contributed by atoms with Gasteiger partial charge in [-0.3, -0.25) is 10.1 Å². The van der Waals surface area contributed by atoms with Crippen LogP contribution < -0.4 is 5.32 Å². The zero-order valence-electron chi connectivity index (χ0n) is 8.65. The molecule has 0 atom stereocenters. The van der Waals surface area contributed by atoms with Gasteiger partial charge in [-0.2, -0.15) is 0 Å². The van der Waals surface area contributed by atoms with Gasteiger partial charge in [0.05, 0.1) is 16.2 Å². The van der Waals surface area contributed by atoms with Gasteiger partial charge in [-0.25, -0.2) is 0 Å². The Labute approximate surface area is 87.8 Å². The van der Waals surface area contributed by atoms with Crippen molar-refractivity contribution in [3.63, 3.8) is 0 Å². The number of nitrogens with one attached hydrogen (secondary N) is 2. The maximum Gasteiger partial charge on any atom is 0.280 e. The van der Waals surface area contributed by atoms with Crippen molar-refractivity contribution in [1.29, 1.82) is 5.41 Å². The van der Waals surface area contributed by atoms with Crippen LogP contribution in [0.3, 0.4) is 0 Å². The highest BCUT2D eigenvalue weighted by Gasteiger charge is 2.15. The summed E-state index contributed by atoms with van der Waals surface area (Å²) in [7, 11) is 0. The minimum atomic E-state index is -0.480. The summed E-state index contributed by atoms with van der Waals surface area (Å²) in [6.07, 6.45) is 1.00. The lowest BCUT2D eigenvalue weighted by atomic mass is 10.1. The Morgan fingerprint density at radius 2 is 2.20 bits per heavy atom. The Kier molecular flexibility index (Phi) is 3.38. The fourth-order valence-corrected chi connectivity index (χ4v) is 1.30. The summed E-state index contributed by atoms with van der Waals surface area (Å²) in [5, 5.41) is 21.0. The van der Waals surface area contributed by atoms with Crippen LogP contribution in [0.4, 0.5) is 11.4 Å². The molecule has 1 aromatic carbocycles. The van der Waals surface area contributed by atoms with Crippen LogP contribution in [0.2, 0.25) is 0 Å². The number of anilines is 1. The summed E-state index contributed by atoms with van der Waals surface area (Å²) < 4.78 is 0. The zero-order chi connectivity index (χ0) is 11.4. The van der Waals surface area contributed by atoms with E-state index in [0.29, 0.717) is 11.3 Å². The van der Waals surface area contributed by atoms with Gasteiger partial charge < -0.3 is 10.7 Å². The van der Waals surface area contributed by atoms with Crippen molar-refractivity contribution in [3.8, 4) is 0 Å². The van der Waals surface area contributed by atoms with E-state index in [4.69, 9.17) is 5.41 Å². The van der Waals surface area contributed by atoms with Crippen molar-refractivity contribution in [2.75, 3.05) is 5.32 Å². The van der Waals surface area contributed by atoms with Crippen molar-refractivity contribution >= 4 is 17.6 Å². The second-order valence-electron chi connectivity index (χ2n) is 3.44. The standard InChI is InChI=1S/C10H13N3O2/c1-7(2)12-9-4-3-5-10(13(14)15)8(9)6-11/h3-7,11-12H,1-2H3. The summed E-state index contributed by atoms with van der Waals surface area (Å²) in [6.45, 7) is 3.87. The maximum atomic E-state index is 10.7. The van der Waals surface area contributed by atoms with E-state index in [2.05, 4.69) is 5.32 Å². The lowest BCUT2D eigenvalue weighted by Gasteiger charge is -2.12. The summed E-state index contributed by atoms with van der Waals surface area (Å²) in [4.78, 5) is 10.2. The molecule has 0 amide bonds. The Hall–Kier alpha value is -1.91. The molecule has 5 nitrogen and oxygen atoms in total. The van der Waals surface area contributed by atoms with Crippen LogP contribution >= 0.6 is 0 Å². The summed E-state index contributed by atoms with van der Waals surface area (Å²) in [5.74, 6) is 0. The van der Waals surface area contributed by atoms with Crippen LogP contribution in [-0.4, -0.2) is 17.2 Å². The molecule has 0 spiro atoms. The van der Waals surface area contributed by atoms with Gasteiger partial charge in [-0.05, 0) is 19.9 Å². The highest BCUT2D eigenvalue weighted by molar-refractivity contribution is 5.91. The highest BCUT2D eigenvalue weighted by atomic mass is 16.6. The zero-order valence-corrected chi connectivity index (χ0v) is 8.65. The molecule has 0 radical (unpaired) electrons. The van der Waals surface area contributed by atoms with Crippen LogP contribution in [0.1, 0.15) is 19.4 Å². The number of nitrogens with zero attached hydrogens (tertiary/aromatic N) is 1. The third kappa shape index (κ3) is 2.52. The average molecular weight is 207 g/mol. The van der Waals surface area contributed by atoms with E-state index in [-0.39, 0.29) is 11.7 Å². The minimum absolute atomic E-state index is 0.0457. The third-order valence-electron chi connectivity index (χ3n) is 1.87. The van der Waals surface area contributed by atoms with E-state index >= 15 is 0 Å². The predicted molar refractivity (Wildman–Crippen MR) is 59.7 cm³/mol. The first-order valence-corrected chi connectivity index (χ1v) is 4.60. The smallest absolute Gasteiger partial charge is 0.280 e. The van der Waals surface area contributed by atoms with Crippen molar-refractivity contribution < 1.29 is 4.92 Å². The van der Waals surface area contributed by atoms with E-state index in [1.54, 1.807) is 12.1 Å². The molecule has 1 aromatic rings. The summed E-state index contributed by atoms with van der Waals surface area (Å²) >= 11 is 0. The number of benzene rings is 1. The number of rotatable bonds is 4. The predicted octanol–water partition coefficient (Wildman–Crippen LogP) is 2.41. The number of hydrogen-bond acceptors (Lipinski definition) is 4. The molecule has 5 heteroatoms. The third-order valence-corrected chi connectivity index (χ3v) is 1.87. The van der Waals surface area contributed by atoms with E-state index < -0.39 is 4.92 Å². The largest absolute Gasteiger partial charge is 0.382 e. The monoisotopic (exact) mass is 207 g/mol. The molecule has 0 saturated carbocycles. The SMILES string of the molecule is CC(C)Nc1cccc([N+](=O)[O-])c1C=N. The molecule has 0 aliphatic rings. The van der Waals surface area contributed by atoms with Gasteiger partial charge in [0, 0.05) is 18.3 Å². The van der Waals surface area contributed by atoms with Gasteiger partial charge in [-0.15, -0.1) is 0 Å². The van der Waals surface area contributed by atoms with Crippen LogP contribution in [-0.2, 0) is 0 Å². The minimum Gasteiger partial charge on any atom is -0.382 e. The molecule has 0 aliphatic carbocycles. The van der Waals surface area contributed by atoms with Crippen LogP contribution in [0, 0.1) is 15.5 Å². The van der Waals surface area contributed by atoms with Crippen molar-refractivity contribution in [2.24, 2.45) is 0 Å².